The van der Waals surface area contributed by atoms with Crippen LogP contribution in [0.25, 0.3) is 0 Å². The Morgan fingerprint density at radius 2 is 2.00 bits per heavy atom. The highest BCUT2D eigenvalue weighted by molar-refractivity contribution is 6.39. The van der Waals surface area contributed by atoms with Crippen LogP contribution in [0.2, 0.25) is 5.02 Å². The van der Waals surface area contributed by atoms with Gasteiger partial charge in [-0.05, 0) is 57.1 Å². The number of piperidine rings is 1. The van der Waals surface area contributed by atoms with Gasteiger partial charge in [0.1, 0.15) is 5.82 Å². The Morgan fingerprint density at radius 1 is 1.32 bits per heavy atom. The van der Waals surface area contributed by atoms with Crippen LogP contribution in [0.5, 0.6) is 0 Å². The molecule has 22 heavy (non-hydrogen) atoms. The first-order valence-corrected chi connectivity index (χ1v) is 7.56. The van der Waals surface area contributed by atoms with Gasteiger partial charge in [-0.25, -0.2) is 4.39 Å². The number of rotatable bonds is 3. The van der Waals surface area contributed by atoms with Gasteiger partial charge in [-0.15, -0.1) is 0 Å². The average Bonchev–Trinajstić information content (AvgIpc) is 2.50. The minimum absolute atomic E-state index is 0.107. The van der Waals surface area contributed by atoms with E-state index in [9.17, 15) is 14.0 Å². The Labute approximate surface area is 133 Å². The van der Waals surface area contributed by atoms with Crippen molar-refractivity contribution in [2.24, 2.45) is 5.92 Å². The van der Waals surface area contributed by atoms with E-state index in [2.05, 4.69) is 22.6 Å². The monoisotopic (exact) mass is 327 g/mol. The second-order valence-electron chi connectivity index (χ2n) is 5.54. The van der Waals surface area contributed by atoms with Crippen molar-refractivity contribution in [3.05, 3.63) is 29.0 Å². The summed E-state index contributed by atoms with van der Waals surface area (Å²) in [6.45, 7) is 2.49. The number of nitrogens with zero attached hydrogens (tertiary/aromatic N) is 1. The van der Waals surface area contributed by atoms with Gasteiger partial charge in [0, 0.05) is 12.2 Å². The van der Waals surface area contributed by atoms with Crippen LogP contribution in [0, 0.1) is 11.7 Å². The maximum atomic E-state index is 13.0. The van der Waals surface area contributed by atoms with Gasteiger partial charge in [0.15, 0.2) is 0 Å². The van der Waals surface area contributed by atoms with E-state index in [1.54, 1.807) is 0 Å². The number of anilines is 1. The predicted octanol–water partition coefficient (Wildman–Crippen LogP) is 1.88. The second kappa shape index (κ2) is 7.56. The van der Waals surface area contributed by atoms with Gasteiger partial charge >= 0.3 is 11.8 Å². The molecule has 2 rings (SSSR count). The summed E-state index contributed by atoms with van der Waals surface area (Å²) in [5.74, 6) is -1.66. The van der Waals surface area contributed by atoms with Crippen molar-refractivity contribution in [1.29, 1.82) is 0 Å². The molecule has 1 heterocycles. The number of hydrogen-bond acceptors (Lipinski definition) is 3. The third-order valence-corrected chi connectivity index (χ3v) is 4.06. The number of amides is 2. The van der Waals surface area contributed by atoms with Crippen molar-refractivity contribution < 1.29 is 14.0 Å². The average molecular weight is 328 g/mol. The van der Waals surface area contributed by atoms with E-state index in [1.807, 2.05) is 0 Å². The molecule has 0 spiro atoms. The summed E-state index contributed by atoms with van der Waals surface area (Å²) in [6, 6.07) is 3.75. The van der Waals surface area contributed by atoms with Crippen LogP contribution >= 0.6 is 11.6 Å². The third-order valence-electron chi connectivity index (χ3n) is 3.77. The fourth-order valence-corrected chi connectivity index (χ4v) is 2.53. The summed E-state index contributed by atoms with van der Waals surface area (Å²) < 4.78 is 13.0. The van der Waals surface area contributed by atoms with Crippen molar-refractivity contribution in [3.8, 4) is 0 Å². The number of likely N-dealkylation sites (tertiary alicyclic amines) is 1. The van der Waals surface area contributed by atoms with Crippen LogP contribution in [0.4, 0.5) is 10.1 Å². The number of halogens is 2. The molecule has 0 saturated carbocycles. The van der Waals surface area contributed by atoms with Crippen molar-refractivity contribution in [1.82, 2.24) is 10.2 Å². The minimum Gasteiger partial charge on any atom is -0.348 e. The Balaban J connectivity index is 1.79. The van der Waals surface area contributed by atoms with E-state index in [4.69, 9.17) is 11.6 Å². The molecule has 0 aromatic heterocycles. The molecule has 0 atom stereocenters. The fourth-order valence-electron chi connectivity index (χ4n) is 2.35. The Kier molecular flexibility index (Phi) is 5.74. The molecule has 0 unspecified atom stereocenters. The zero-order chi connectivity index (χ0) is 16.1. The molecule has 0 radical (unpaired) electrons. The number of carbonyl (C=O) groups excluding carboxylic acids is 2. The smallest absolute Gasteiger partial charge is 0.313 e. The second-order valence-corrected chi connectivity index (χ2v) is 5.95. The standard InChI is InChI=1S/C15H19ClFN3O2/c1-20-6-4-10(5-7-20)9-18-14(21)15(22)19-11-2-3-13(17)12(16)8-11/h2-3,8,10H,4-7,9H2,1H3,(H,18,21)(H,19,22). The van der Waals surface area contributed by atoms with Gasteiger partial charge in [0.2, 0.25) is 0 Å². The van der Waals surface area contributed by atoms with Gasteiger partial charge < -0.3 is 15.5 Å². The summed E-state index contributed by atoms with van der Waals surface area (Å²) >= 11 is 5.62. The largest absolute Gasteiger partial charge is 0.348 e. The van der Waals surface area contributed by atoms with Gasteiger partial charge in [-0.2, -0.15) is 0 Å². The molecular weight excluding hydrogens is 309 g/mol. The highest BCUT2D eigenvalue weighted by Crippen LogP contribution is 2.19. The summed E-state index contributed by atoms with van der Waals surface area (Å²) in [5, 5.41) is 4.92. The maximum absolute atomic E-state index is 13.0. The molecule has 1 saturated heterocycles. The molecule has 1 aromatic rings. The van der Waals surface area contributed by atoms with E-state index in [-0.39, 0.29) is 10.7 Å². The van der Waals surface area contributed by atoms with Gasteiger partial charge in [0.05, 0.1) is 5.02 Å². The molecule has 0 bridgehead atoms. The minimum atomic E-state index is -0.782. The first-order valence-electron chi connectivity index (χ1n) is 7.18. The first-order chi connectivity index (χ1) is 10.5. The van der Waals surface area contributed by atoms with E-state index in [0.717, 1.165) is 32.0 Å². The van der Waals surface area contributed by atoms with Crippen LogP contribution in [-0.2, 0) is 9.59 Å². The Morgan fingerprint density at radius 3 is 2.64 bits per heavy atom. The molecule has 5 nitrogen and oxygen atoms in total. The van der Waals surface area contributed by atoms with Crippen molar-refractivity contribution in [2.75, 3.05) is 32.0 Å². The molecule has 0 aliphatic carbocycles. The van der Waals surface area contributed by atoms with Crippen LogP contribution in [0.1, 0.15) is 12.8 Å². The van der Waals surface area contributed by atoms with Crippen LogP contribution in [0.3, 0.4) is 0 Å². The van der Waals surface area contributed by atoms with Gasteiger partial charge in [0.25, 0.3) is 0 Å². The molecule has 1 fully saturated rings. The SMILES string of the molecule is CN1CCC(CNC(=O)C(=O)Nc2ccc(F)c(Cl)c2)CC1. The number of nitrogens with one attached hydrogen (secondary N) is 2. The fraction of sp³-hybridized carbons (Fsp3) is 0.467. The molecular formula is C15H19ClFN3O2. The lowest BCUT2D eigenvalue weighted by Crippen LogP contribution is -2.41. The molecule has 2 N–H and O–H groups in total. The Bertz CT molecular complexity index is 560. The molecule has 1 aliphatic heterocycles. The molecule has 120 valence electrons. The van der Waals surface area contributed by atoms with Crippen molar-refractivity contribution in [3.63, 3.8) is 0 Å². The highest BCUT2D eigenvalue weighted by Gasteiger charge is 2.19. The van der Waals surface area contributed by atoms with E-state index < -0.39 is 17.6 Å². The summed E-state index contributed by atoms with van der Waals surface area (Å²) in [4.78, 5) is 25.8. The Hall–Kier alpha value is -1.66. The lowest BCUT2D eigenvalue weighted by atomic mass is 9.97. The number of benzene rings is 1. The molecule has 7 heteroatoms. The summed E-state index contributed by atoms with van der Waals surface area (Å²) in [6.07, 6.45) is 2.01. The first kappa shape index (κ1) is 16.7. The van der Waals surface area contributed by atoms with E-state index >= 15 is 0 Å². The summed E-state index contributed by atoms with van der Waals surface area (Å²) in [5.41, 5.74) is 0.283. The van der Waals surface area contributed by atoms with E-state index in [0.29, 0.717) is 12.5 Å². The zero-order valence-electron chi connectivity index (χ0n) is 12.4. The van der Waals surface area contributed by atoms with Crippen LogP contribution in [-0.4, -0.2) is 43.4 Å². The normalized spacial score (nSPS) is 16.3. The zero-order valence-corrected chi connectivity index (χ0v) is 13.1. The van der Waals surface area contributed by atoms with Gasteiger partial charge in [-0.1, -0.05) is 11.6 Å². The van der Waals surface area contributed by atoms with Crippen molar-refractivity contribution >= 4 is 29.1 Å². The number of carbonyl (C=O) groups is 2. The lowest BCUT2D eigenvalue weighted by molar-refractivity contribution is -0.136. The third kappa shape index (κ3) is 4.68. The van der Waals surface area contributed by atoms with Gasteiger partial charge in [-0.3, -0.25) is 9.59 Å². The van der Waals surface area contributed by atoms with E-state index in [1.165, 1.54) is 12.1 Å². The summed E-state index contributed by atoms with van der Waals surface area (Å²) in [7, 11) is 2.07. The van der Waals surface area contributed by atoms with Crippen molar-refractivity contribution in [2.45, 2.75) is 12.8 Å². The lowest BCUT2D eigenvalue weighted by Gasteiger charge is -2.28. The van der Waals surface area contributed by atoms with Crippen LogP contribution in [0.15, 0.2) is 18.2 Å². The quantitative estimate of drug-likeness (QED) is 0.833. The number of hydrogen-bond donors (Lipinski definition) is 2. The molecule has 1 aromatic carbocycles. The van der Waals surface area contributed by atoms with Crippen LogP contribution < -0.4 is 10.6 Å². The maximum Gasteiger partial charge on any atom is 0.313 e. The highest BCUT2D eigenvalue weighted by atomic mass is 35.5. The topological polar surface area (TPSA) is 61.4 Å². The predicted molar refractivity (Wildman–Crippen MR) is 83.3 cm³/mol. The molecule has 2 amide bonds. The molecule has 1 aliphatic rings.